The molecule has 1 fully saturated rings. The van der Waals surface area contributed by atoms with Crippen molar-refractivity contribution in [1.82, 2.24) is 0 Å². The summed E-state index contributed by atoms with van der Waals surface area (Å²) in [6.45, 7) is 2.18. The molecule has 1 saturated carbocycles. The maximum atomic E-state index is 11.5. The number of aryl methyl sites for hydroxylation is 1. The van der Waals surface area contributed by atoms with Crippen molar-refractivity contribution in [3.8, 4) is 0 Å². The minimum atomic E-state index is -0.621. The first-order valence-electron chi connectivity index (χ1n) is 7.54. The molecule has 1 aliphatic carbocycles. The Morgan fingerprint density at radius 2 is 1.84 bits per heavy atom. The van der Waals surface area contributed by atoms with Gasteiger partial charge in [-0.3, -0.25) is 4.79 Å². The van der Waals surface area contributed by atoms with Gasteiger partial charge in [0.1, 0.15) is 0 Å². The van der Waals surface area contributed by atoms with Crippen molar-refractivity contribution < 1.29 is 9.90 Å². The zero-order valence-corrected chi connectivity index (χ0v) is 11.8. The van der Waals surface area contributed by atoms with Crippen molar-refractivity contribution in [2.45, 2.75) is 57.8 Å². The lowest BCUT2D eigenvalue weighted by molar-refractivity contribution is -0.142. The fourth-order valence-corrected chi connectivity index (χ4v) is 3.22. The van der Waals surface area contributed by atoms with Crippen molar-refractivity contribution in [2.75, 3.05) is 0 Å². The molecule has 2 nitrogen and oxygen atoms in total. The number of carboxylic acids is 1. The van der Waals surface area contributed by atoms with E-state index in [2.05, 4.69) is 31.2 Å². The van der Waals surface area contributed by atoms with E-state index in [4.69, 9.17) is 0 Å². The summed E-state index contributed by atoms with van der Waals surface area (Å²) in [4.78, 5) is 11.5. The fraction of sp³-hybridized carbons (Fsp3) is 0.588. The number of hydrogen-bond donors (Lipinski definition) is 1. The van der Waals surface area contributed by atoms with Gasteiger partial charge in [-0.2, -0.15) is 0 Å². The van der Waals surface area contributed by atoms with E-state index in [1.165, 1.54) is 17.5 Å². The van der Waals surface area contributed by atoms with Crippen LogP contribution in [0.3, 0.4) is 0 Å². The quantitative estimate of drug-likeness (QED) is 0.815. The molecular formula is C17H24O2. The molecule has 0 radical (unpaired) electrons. The molecule has 2 rings (SSSR count). The molecule has 2 atom stereocenters. The van der Waals surface area contributed by atoms with Crippen LogP contribution in [-0.2, 0) is 11.2 Å². The molecule has 0 saturated heterocycles. The molecule has 0 amide bonds. The molecule has 0 heterocycles. The normalized spacial score (nSPS) is 23.8. The number of carboxylic acid groups (broad SMARTS) is 1. The van der Waals surface area contributed by atoms with Crippen LogP contribution in [-0.4, -0.2) is 11.1 Å². The minimum absolute atomic E-state index is 0.195. The average molecular weight is 260 g/mol. The Hall–Kier alpha value is -1.31. The predicted molar refractivity (Wildman–Crippen MR) is 77.4 cm³/mol. The predicted octanol–water partition coefficient (Wildman–Crippen LogP) is 4.39. The zero-order chi connectivity index (χ0) is 13.7. The van der Waals surface area contributed by atoms with Gasteiger partial charge in [-0.05, 0) is 36.3 Å². The monoisotopic (exact) mass is 260 g/mol. The second kappa shape index (κ2) is 6.74. The van der Waals surface area contributed by atoms with Crippen molar-refractivity contribution in [3.05, 3.63) is 35.4 Å². The highest BCUT2D eigenvalue weighted by molar-refractivity contribution is 5.71. The summed E-state index contributed by atoms with van der Waals surface area (Å²) >= 11 is 0. The van der Waals surface area contributed by atoms with Crippen molar-refractivity contribution in [2.24, 2.45) is 5.92 Å². The lowest BCUT2D eigenvalue weighted by atomic mass is 9.82. The smallest absolute Gasteiger partial charge is 0.307 e. The molecule has 104 valence electrons. The van der Waals surface area contributed by atoms with Gasteiger partial charge in [0.2, 0.25) is 0 Å². The number of aliphatic carboxylic acids is 1. The largest absolute Gasteiger partial charge is 0.481 e. The van der Waals surface area contributed by atoms with E-state index in [0.717, 1.165) is 38.5 Å². The van der Waals surface area contributed by atoms with Crippen LogP contribution in [0.2, 0.25) is 0 Å². The second-order valence-corrected chi connectivity index (χ2v) is 5.68. The van der Waals surface area contributed by atoms with Gasteiger partial charge in [0.15, 0.2) is 0 Å². The zero-order valence-electron chi connectivity index (χ0n) is 11.8. The third-order valence-electron chi connectivity index (χ3n) is 4.28. The van der Waals surface area contributed by atoms with E-state index in [-0.39, 0.29) is 11.8 Å². The molecule has 0 aliphatic heterocycles. The van der Waals surface area contributed by atoms with Gasteiger partial charge >= 0.3 is 5.97 Å². The lowest BCUT2D eigenvalue weighted by Crippen LogP contribution is -2.21. The molecule has 1 aromatic carbocycles. The van der Waals surface area contributed by atoms with Crippen LogP contribution in [0.4, 0.5) is 0 Å². The van der Waals surface area contributed by atoms with Gasteiger partial charge in [-0.15, -0.1) is 0 Å². The van der Waals surface area contributed by atoms with Crippen molar-refractivity contribution in [3.63, 3.8) is 0 Å². The summed E-state index contributed by atoms with van der Waals surface area (Å²) in [5.41, 5.74) is 2.57. The molecule has 0 spiro atoms. The van der Waals surface area contributed by atoms with Crippen LogP contribution in [0, 0.1) is 5.92 Å². The van der Waals surface area contributed by atoms with Crippen LogP contribution in [0.1, 0.15) is 62.5 Å². The highest BCUT2D eigenvalue weighted by atomic mass is 16.4. The van der Waals surface area contributed by atoms with E-state index in [0.29, 0.717) is 0 Å². The molecule has 1 N–H and O–H groups in total. The first-order valence-corrected chi connectivity index (χ1v) is 7.54. The molecule has 0 aromatic heterocycles. The third-order valence-corrected chi connectivity index (χ3v) is 4.28. The lowest BCUT2D eigenvalue weighted by Gasteiger charge is -2.22. The summed E-state index contributed by atoms with van der Waals surface area (Å²) in [5.74, 6) is -0.611. The van der Waals surface area contributed by atoms with Crippen molar-refractivity contribution >= 4 is 5.97 Å². The Morgan fingerprint density at radius 1 is 1.16 bits per heavy atom. The van der Waals surface area contributed by atoms with E-state index in [1.807, 2.05) is 0 Å². The van der Waals surface area contributed by atoms with Crippen LogP contribution >= 0.6 is 0 Å². The average Bonchev–Trinajstić information content (AvgIpc) is 2.65. The van der Waals surface area contributed by atoms with Gasteiger partial charge < -0.3 is 5.11 Å². The Bertz CT molecular complexity index is 408. The van der Waals surface area contributed by atoms with Gasteiger partial charge in [0, 0.05) is 0 Å². The van der Waals surface area contributed by atoms with Crippen LogP contribution in [0.15, 0.2) is 24.3 Å². The van der Waals surface area contributed by atoms with Gasteiger partial charge in [-0.25, -0.2) is 0 Å². The topological polar surface area (TPSA) is 37.3 Å². The standard InChI is InChI=1S/C17H24O2/c1-2-6-13-9-11-14(12-10-13)15-7-4-3-5-8-16(15)17(18)19/h9-12,15-16H,2-8H2,1H3,(H,18,19). The van der Waals surface area contributed by atoms with Gasteiger partial charge in [0.05, 0.1) is 5.92 Å². The number of rotatable bonds is 4. The fourth-order valence-electron chi connectivity index (χ4n) is 3.22. The van der Waals surface area contributed by atoms with E-state index >= 15 is 0 Å². The molecule has 1 aliphatic rings. The Kier molecular flexibility index (Phi) is 5.00. The van der Waals surface area contributed by atoms with Gasteiger partial charge in [-0.1, -0.05) is 56.9 Å². The maximum absolute atomic E-state index is 11.5. The summed E-state index contributed by atoms with van der Waals surface area (Å²) in [7, 11) is 0. The highest BCUT2D eigenvalue weighted by Gasteiger charge is 2.30. The van der Waals surface area contributed by atoms with E-state index in [1.54, 1.807) is 0 Å². The van der Waals surface area contributed by atoms with E-state index < -0.39 is 5.97 Å². The first-order chi connectivity index (χ1) is 9.22. The molecular weight excluding hydrogens is 236 g/mol. The number of carbonyl (C=O) groups is 1. The van der Waals surface area contributed by atoms with Gasteiger partial charge in [0.25, 0.3) is 0 Å². The Balaban J connectivity index is 2.18. The van der Waals surface area contributed by atoms with Crippen molar-refractivity contribution in [1.29, 1.82) is 0 Å². The van der Waals surface area contributed by atoms with Crippen LogP contribution < -0.4 is 0 Å². The summed E-state index contributed by atoms with van der Waals surface area (Å²) in [5, 5.41) is 9.43. The van der Waals surface area contributed by atoms with Crippen LogP contribution in [0.25, 0.3) is 0 Å². The summed E-state index contributed by atoms with van der Waals surface area (Å²) in [6.07, 6.45) is 7.50. The molecule has 0 bridgehead atoms. The molecule has 2 heteroatoms. The Morgan fingerprint density at radius 3 is 2.47 bits per heavy atom. The second-order valence-electron chi connectivity index (χ2n) is 5.68. The van der Waals surface area contributed by atoms with Crippen LogP contribution in [0.5, 0.6) is 0 Å². The molecule has 19 heavy (non-hydrogen) atoms. The SMILES string of the molecule is CCCc1ccc(C2CCCCCC2C(=O)O)cc1. The number of benzene rings is 1. The highest BCUT2D eigenvalue weighted by Crippen LogP contribution is 2.36. The maximum Gasteiger partial charge on any atom is 0.307 e. The van der Waals surface area contributed by atoms with E-state index in [9.17, 15) is 9.90 Å². The molecule has 1 aromatic rings. The first kappa shape index (κ1) is 14.1. The minimum Gasteiger partial charge on any atom is -0.481 e. The summed E-state index contributed by atoms with van der Waals surface area (Å²) in [6, 6.07) is 8.64. The Labute approximate surface area is 115 Å². The molecule has 2 unspecified atom stereocenters. The summed E-state index contributed by atoms with van der Waals surface area (Å²) < 4.78 is 0. The third kappa shape index (κ3) is 3.59. The number of hydrogen-bond acceptors (Lipinski definition) is 1.